The number of hydrogen-bond donors (Lipinski definition) is 2. The molecular formula is C12H10FN5S. The summed E-state index contributed by atoms with van der Waals surface area (Å²) in [5, 5.41) is 0.783. The molecule has 7 heteroatoms. The van der Waals surface area contributed by atoms with Gasteiger partial charge in [-0.1, -0.05) is 11.8 Å². The van der Waals surface area contributed by atoms with Crippen LogP contribution in [0.25, 0.3) is 11.2 Å². The number of imidazole rings is 1. The summed E-state index contributed by atoms with van der Waals surface area (Å²) in [6.45, 7) is 0. The van der Waals surface area contributed by atoms with Crippen LogP contribution in [-0.2, 0) is 5.75 Å². The fraction of sp³-hybridized carbons (Fsp3) is 0.0833. The summed E-state index contributed by atoms with van der Waals surface area (Å²) < 4.78 is 13.2. The molecule has 0 saturated carbocycles. The molecule has 0 unspecified atom stereocenters. The maximum absolute atomic E-state index is 13.2. The lowest BCUT2D eigenvalue weighted by atomic mass is 10.2. The Morgan fingerprint density at radius 2 is 2.11 bits per heavy atom. The van der Waals surface area contributed by atoms with Gasteiger partial charge in [-0.2, -0.15) is 0 Å². The number of nitrogens with zero attached hydrogens (tertiary/aromatic N) is 3. The predicted molar refractivity (Wildman–Crippen MR) is 72.1 cm³/mol. The van der Waals surface area contributed by atoms with Crippen molar-refractivity contribution in [2.75, 3.05) is 5.73 Å². The zero-order valence-electron chi connectivity index (χ0n) is 9.80. The fourth-order valence-electron chi connectivity index (χ4n) is 1.76. The number of benzene rings is 1. The molecule has 1 aromatic carbocycles. The van der Waals surface area contributed by atoms with Gasteiger partial charge in [-0.15, -0.1) is 0 Å². The van der Waals surface area contributed by atoms with Crippen LogP contribution in [0, 0.1) is 5.82 Å². The number of aromatic nitrogens is 4. The summed E-state index contributed by atoms with van der Waals surface area (Å²) in [5.41, 5.74) is 8.26. The van der Waals surface area contributed by atoms with Gasteiger partial charge in [-0.05, 0) is 23.8 Å². The summed E-state index contributed by atoms with van der Waals surface area (Å²) in [6.07, 6.45) is 3.04. The Morgan fingerprint density at radius 3 is 2.95 bits per heavy atom. The predicted octanol–water partition coefficient (Wildman–Crippen LogP) is 2.37. The number of fused-ring (bicyclic) bond motifs is 1. The summed E-state index contributed by atoms with van der Waals surface area (Å²) in [5.74, 6) is 0.248. The molecule has 3 aromatic rings. The van der Waals surface area contributed by atoms with Gasteiger partial charge in [0, 0.05) is 11.4 Å². The lowest BCUT2D eigenvalue weighted by Gasteiger charge is -2.03. The highest BCUT2D eigenvalue weighted by molar-refractivity contribution is 7.98. The molecular weight excluding hydrogens is 265 g/mol. The van der Waals surface area contributed by atoms with Crippen molar-refractivity contribution in [2.45, 2.75) is 10.8 Å². The number of thioether (sulfide) groups is 1. The van der Waals surface area contributed by atoms with E-state index in [0.29, 0.717) is 17.1 Å². The monoisotopic (exact) mass is 275 g/mol. The minimum Gasteiger partial charge on any atom is -0.399 e. The quantitative estimate of drug-likeness (QED) is 0.436. The van der Waals surface area contributed by atoms with Crippen molar-refractivity contribution >= 4 is 28.6 Å². The van der Waals surface area contributed by atoms with Crippen molar-refractivity contribution in [2.24, 2.45) is 0 Å². The number of hydrogen-bond acceptors (Lipinski definition) is 5. The number of rotatable bonds is 3. The first-order chi connectivity index (χ1) is 9.22. The maximum atomic E-state index is 13.2. The molecule has 2 aromatic heterocycles. The van der Waals surface area contributed by atoms with Crippen molar-refractivity contribution in [1.29, 1.82) is 0 Å². The van der Waals surface area contributed by atoms with E-state index in [0.717, 1.165) is 16.1 Å². The number of aromatic amines is 1. The zero-order chi connectivity index (χ0) is 13.2. The van der Waals surface area contributed by atoms with Crippen LogP contribution in [0.5, 0.6) is 0 Å². The summed E-state index contributed by atoms with van der Waals surface area (Å²) >= 11 is 1.48. The van der Waals surface area contributed by atoms with Crippen LogP contribution >= 0.6 is 11.8 Å². The van der Waals surface area contributed by atoms with Gasteiger partial charge in [0.15, 0.2) is 5.65 Å². The Hall–Kier alpha value is -2.15. The van der Waals surface area contributed by atoms with Crippen LogP contribution in [0.1, 0.15) is 5.56 Å². The van der Waals surface area contributed by atoms with Gasteiger partial charge in [0.2, 0.25) is 0 Å². The van der Waals surface area contributed by atoms with Crippen molar-refractivity contribution in [1.82, 2.24) is 19.9 Å². The molecule has 0 saturated heterocycles. The van der Waals surface area contributed by atoms with Crippen LogP contribution in [0.4, 0.5) is 10.1 Å². The topological polar surface area (TPSA) is 80.5 Å². The molecule has 3 N–H and O–H groups in total. The number of nitrogens with one attached hydrogen (secondary N) is 1. The van der Waals surface area contributed by atoms with Crippen molar-refractivity contribution in [3.8, 4) is 0 Å². The number of nitrogens with two attached hydrogens (primary N) is 1. The second-order valence-electron chi connectivity index (χ2n) is 3.96. The van der Waals surface area contributed by atoms with Crippen molar-refractivity contribution < 1.29 is 4.39 Å². The van der Waals surface area contributed by atoms with Crippen molar-refractivity contribution in [3.63, 3.8) is 0 Å². The zero-order valence-corrected chi connectivity index (χ0v) is 10.6. The maximum Gasteiger partial charge on any atom is 0.181 e. The number of H-pyrrole nitrogens is 1. The Balaban J connectivity index is 1.84. The molecule has 2 heterocycles. The smallest absolute Gasteiger partial charge is 0.181 e. The fourth-order valence-corrected chi connectivity index (χ4v) is 2.65. The Morgan fingerprint density at radius 1 is 1.21 bits per heavy atom. The number of nitrogen functional groups attached to an aromatic ring is 1. The van der Waals surface area contributed by atoms with E-state index in [1.807, 2.05) is 0 Å². The van der Waals surface area contributed by atoms with Crippen LogP contribution in [0.2, 0.25) is 0 Å². The van der Waals surface area contributed by atoms with Gasteiger partial charge in [0.25, 0.3) is 0 Å². The van der Waals surface area contributed by atoms with Gasteiger partial charge in [-0.25, -0.2) is 19.3 Å². The molecule has 0 amide bonds. The lowest BCUT2D eigenvalue weighted by Crippen LogP contribution is -1.91. The molecule has 0 aliphatic carbocycles. The summed E-state index contributed by atoms with van der Waals surface area (Å²) in [7, 11) is 0. The minimum atomic E-state index is -0.329. The second-order valence-corrected chi connectivity index (χ2v) is 4.93. The Bertz CT molecular complexity index is 707. The molecule has 19 heavy (non-hydrogen) atoms. The van der Waals surface area contributed by atoms with E-state index in [-0.39, 0.29) is 5.82 Å². The third kappa shape index (κ3) is 2.50. The SMILES string of the molecule is Nc1cc(F)cc(CSc2ncnc3nc[nH]c23)c1. The Labute approximate surface area is 112 Å². The number of halogens is 1. The molecule has 5 nitrogen and oxygen atoms in total. The van der Waals surface area contributed by atoms with Crippen LogP contribution < -0.4 is 5.73 Å². The van der Waals surface area contributed by atoms with Crippen molar-refractivity contribution in [3.05, 3.63) is 42.2 Å². The molecule has 0 aliphatic heterocycles. The highest BCUT2D eigenvalue weighted by Gasteiger charge is 2.07. The largest absolute Gasteiger partial charge is 0.399 e. The van der Waals surface area contributed by atoms with E-state index < -0.39 is 0 Å². The molecule has 0 bridgehead atoms. The average Bonchev–Trinajstić information content (AvgIpc) is 2.83. The van der Waals surface area contributed by atoms with Crippen LogP contribution in [0.15, 0.2) is 35.9 Å². The van der Waals surface area contributed by atoms with E-state index >= 15 is 0 Å². The van der Waals surface area contributed by atoms with Gasteiger partial charge in [-0.3, -0.25) is 0 Å². The highest BCUT2D eigenvalue weighted by Crippen LogP contribution is 2.26. The van der Waals surface area contributed by atoms with Crippen LogP contribution in [-0.4, -0.2) is 19.9 Å². The Kier molecular flexibility index (Phi) is 3.04. The first-order valence-electron chi connectivity index (χ1n) is 5.54. The van der Waals surface area contributed by atoms with Crippen LogP contribution in [0.3, 0.4) is 0 Å². The minimum absolute atomic E-state index is 0.329. The summed E-state index contributed by atoms with van der Waals surface area (Å²) in [4.78, 5) is 15.3. The van der Waals surface area contributed by atoms with Gasteiger partial charge in [0.05, 0.1) is 6.33 Å². The normalized spacial score (nSPS) is 11.0. The molecule has 0 radical (unpaired) electrons. The first kappa shape index (κ1) is 11.9. The standard InChI is InChI=1S/C12H10FN5S/c13-8-1-7(2-9(14)3-8)4-19-12-10-11(16-5-15-10)17-6-18-12/h1-3,5-6H,4,14H2,(H,15,16,17,18). The van der Waals surface area contributed by atoms with E-state index in [4.69, 9.17) is 5.73 Å². The molecule has 0 fully saturated rings. The summed E-state index contributed by atoms with van der Waals surface area (Å²) in [6, 6.07) is 4.52. The molecule has 0 aliphatic rings. The molecule has 0 spiro atoms. The average molecular weight is 275 g/mol. The van der Waals surface area contributed by atoms with Gasteiger partial charge >= 0.3 is 0 Å². The van der Waals surface area contributed by atoms with Gasteiger partial charge < -0.3 is 10.7 Å². The lowest BCUT2D eigenvalue weighted by molar-refractivity contribution is 0.627. The highest BCUT2D eigenvalue weighted by atomic mass is 32.2. The van der Waals surface area contributed by atoms with E-state index in [1.54, 1.807) is 12.4 Å². The third-order valence-electron chi connectivity index (χ3n) is 2.54. The molecule has 96 valence electrons. The first-order valence-corrected chi connectivity index (χ1v) is 6.53. The molecule has 3 rings (SSSR count). The van der Waals surface area contributed by atoms with Gasteiger partial charge in [0.1, 0.15) is 22.7 Å². The van der Waals surface area contributed by atoms with E-state index in [2.05, 4.69) is 19.9 Å². The second kappa shape index (κ2) is 4.85. The van der Waals surface area contributed by atoms with E-state index in [1.165, 1.54) is 30.2 Å². The molecule has 0 atom stereocenters. The third-order valence-corrected chi connectivity index (χ3v) is 3.60. The van der Waals surface area contributed by atoms with E-state index in [9.17, 15) is 4.39 Å². The number of anilines is 1.